The maximum absolute atomic E-state index is 11.2. The zero-order valence-electron chi connectivity index (χ0n) is 7.75. The van der Waals surface area contributed by atoms with Crippen LogP contribution in [0.2, 0.25) is 5.02 Å². The Bertz CT molecular complexity index is 350. The highest BCUT2D eigenvalue weighted by Crippen LogP contribution is 2.19. The lowest BCUT2D eigenvalue weighted by molar-refractivity contribution is 0.255. The SMILES string of the molecule is C/C=C/NC(=O)Nc1ccccc1Cl. The molecule has 0 aliphatic carbocycles. The summed E-state index contributed by atoms with van der Waals surface area (Å²) in [5, 5.41) is 5.65. The van der Waals surface area contributed by atoms with Crippen LogP contribution in [-0.2, 0) is 0 Å². The number of halogens is 1. The highest BCUT2D eigenvalue weighted by atomic mass is 35.5. The van der Waals surface area contributed by atoms with E-state index in [4.69, 9.17) is 11.6 Å². The number of rotatable bonds is 2. The van der Waals surface area contributed by atoms with Crippen molar-refractivity contribution in [2.75, 3.05) is 5.32 Å². The Morgan fingerprint density at radius 3 is 2.79 bits per heavy atom. The van der Waals surface area contributed by atoms with Crippen molar-refractivity contribution in [1.29, 1.82) is 0 Å². The third kappa shape index (κ3) is 3.11. The van der Waals surface area contributed by atoms with E-state index in [2.05, 4.69) is 10.6 Å². The molecule has 0 unspecified atom stereocenters. The lowest BCUT2D eigenvalue weighted by atomic mass is 10.3. The summed E-state index contributed by atoms with van der Waals surface area (Å²) in [5.74, 6) is 0. The molecular formula is C10H11ClN2O. The van der Waals surface area contributed by atoms with Crippen molar-refractivity contribution < 1.29 is 4.79 Å². The molecule has 0 saturated carbocycles. The van der Waals surface area contributed by atoms with Crippen LogP contribution in [0.4, 0.5) is 10.5 Å². The van der Waals surface area contributed by atoms with E-state index in [1.165, 1.54) is 0 Å². The lowest BCUT2D eigenvalue weighted by Gasteiger charge is -2.05. The molecule has 1 rings (SSSR count). The van der Waals surface area contributed by atoms with Crippen LogP contribution in [-0.4, -0.2) is 6.03 Å². The Morgan fingerprint density at radius 2 is 2.14 bits per heavy atom. The van der Waals surface area contributed by atoms with Gasteiger partial charge in [-0.25, -0.2) is 4.79 Å². The first kappa shape index (κ1) is 10.6. The van der Waals surface area contributed by atoms with Crippen LogP contribution < -0.4 is 10.6 Å². The Balaban J connectivity index is 2.60. The summed E-state index contributed by atoms with van der Waals surface area (Å²) in [7, 11) is 0. The average molecular weight is 211 g/mol. The zero-order valence-corrected chi connectivity index (χ0v) is 8.51. The van der Waals surface area contributed by atoms with E-state index in [0.717, 1.165) is 0 Å². The van der Waals surface area contributed by atoms with Crippen LogP contribution in [0.1, 0.15) is 6.92 Å². The lowest BCUT2D eigenvalue weighted by Crippen LogP contribution is -2.23. The van der Waals surface area contributed by atoms with Crippen LogP contribution in [0.15, 0.2) is 36.5 Å². The van der Waals surface area contributed by atoms with Crippen molar-refractivity contribution in [2.45, 2.75) is 6.92 Å². The van der Waals surface area contributed by atoms with Crippen molar-refractivity contribution in [3.63, 3.8) is 0 Å². The summed E-state index contributed by atoms with van der Waals surface area (Å²) in [6, 6.07) is 6.75. The third-order valence-electron chi connectivity index (χ3n) is 1.50. The van der Waals surface area contributed by atoms with Crippen molar-refractivity contribution in [1.82, 2.24) is 5.32 Å². The van der Waals surface area contributed by atoms with Crippen LogP contribution in [0.25, 0.3) is 0 Å². The molecule has 4 heteroatoms. The number of anilines is 1. The molecule has 0 saturated heterocycles. The molecule has 0 atom stereocenters. The molecule has 74 valence electrons. The van der Waals surface area contributed by atoms with Crippen LogP contribution >= 0.6 is 11.6 Å². The number of hydrogen-bond acceptors (Lipinski definition) is 1. The van der Waals surface area contributed by atoms with E-state index >= 15 is 0 Å². The molecule has 2 N–H and O–H groups in total. The Hall–Kier alpha value is -1.48. The van der Waals surface area contributed by atoms with Crippen LogP contribution in [0.5, 0.6) is 0 Å². The normalized spacial score (nSPS) is 10.1. The number of allylic oxidation sites excluding steroid dienone is 1. The van der Waals surface area contributed by atoms with Crippen LogP contribution in [0, 0.1) is 0 Å². The van der Waals surface area contributed by atoms with Gasteiger partial charge in [-0.1, -0.05) is 29.8 Å². The van der Waals surface area contributed by atoms with Gasteiger partial charge in [0.1, 0.15) is 0 Å². The molecule has 0 aliphatic rings. The van der Waals surface area contributed by atoms with E-state index in [1.54, 1.807) is 36.5 Å². The van der Waals surface area contributed by atoms with E-state index in [-0.39, 0.29) is 6.03 Å². The fourth-order valence-corrected chi connectivity index (χ4v) is 1.06. The second kappa shape index (κ2) is 5.29. The summed E-state index contributed by atoms with van der Waals surface area (Å²) in [6.45, 7) is 1.82. The van der Waals surface area contributed by atoms with Crippen molar-refractivity contribution >= 4 is 23.3 Å². The van der Waals surface area contributed by atoms with E-state index in [1.807, 2.05) is 6.92 Å². The second-order valence-electron chi connectivity index (χ2n) is 2.58. The maximum Gasteiger partial charge on any atom is 0.323 e. The van der Waals surface area contributed by atoms with Gasteiger partial charge in [0.25, 0.3) is 0 Å². The van der Waals surface area contributed by atoms with Crippen molar-refractivity contribution in [3.05, 3.63) is 41.6 Å². The summed E-state index contributed by atoms with van der Waals surface area (Å²) in [5.41, 5.74) is 0.594. The highest BCUT2D eigenvalue weighted by molar-refractivity contribution is 6.33. The van der Waals surface area contributed by atoms with Crippen molar-refractivity contribution in [3.8, 4) is 0 Å². The third-order valence-corrected chi connectivity index (χ3v) is 1.83. The molecule has 0 heterocycles. The number of amides is 2. The molecule has 2 amide bonds. The van der Waals surface area contributed by atoms with Gasteiger partial charge < -0.3 is 10.6 Å². The predicted octanol–water partition coefficient (Wildman–Crippen LogP) is 3.00. The quantitative estimate of drug-likeness (QED) is 0.774. The molecule has 0 spiro atoms. The largest absolute Gasteiger partial charge is 0.323 e. The van der Waals surface area contributed by atoms with Gasteiger partial charge in [-0.15, -0.1) is 0 Å². The minimum Gasteiger partial charge on any atom is -0.315 e. The van der Waals surface area contributed by atoms with Gasteiger partial charge in [0.15, 0.2) is 0 Å². The van der Waals surface area contributed by atoms with Gasteiger partial charge in [0.05, 0.1) is 10.7 Å². The number of carbonyl (C=O) groups is 1. The van der Waals surface area contributed by atoms with Crippen molar-refractivity contribution in [2.24, 2.45) is 0 Å². The summed E-state index contributed by atoms with van der Waals surface area (Å²) in [4.78, 5) is 11.2. The first-order valence-electron chi connectivity index (χ1n) is 4.17. The number of hydrogen-bond donors (Lipinski definition) is 2. The van der Waals surface area contributed by atoms with Crippen LogP contribution in [0.3, 0.4) is 0 Å². The number of nitrogens with one attached hydrogen (secondary N) is 2. The molecular weight excluding hydrogens is 200 g/mol. The van der Waals surface area contributed by atoms with E-state index in [0.29, 0.717) is 10.7 Å². The number of benzene rings is 1. The zero-order chi connectivity index (χ0) is 10.4. The fourth-order valence-electron chi connectivity index (χ4n) is 0.880. The molecule has 1 aromatic rings. The van der Waals surface area contributed by atoms with Gasteiger partial charge in [-0.3, -0.25) is 0 Å². The summed E-state index contributed by atoms with van der Waals surface area (Å²) in [6.07, 6.45) is 3.28. The van der Waals surface area contributed by atoms with Gasteiger partial charge in [-0.05, 0) is 19.1 Å². The standard InChI is InChI=1S/C10H11ClN2O/c1-2-7-12-10(14)13-9-6-4-3-5-8(9)11/h2-7H,1H3,(H2,12,13,14)/b7-2+. The molecule has 3 nitrogen and oxygen atoms in total. The van der Waals surface area contributed by atoms with Gasteiger partial charge in [-0.2, -0.15) is 0 Å². The summed E-state index contributed by atoms with van der Waals surface area (Å²) >= 11 is 5.84. The number of carbonyl (C=O) groups excluding carboxylic acids is 1. The van der Waals surface area contributed by atoms with Gasteiger partial charge in [0, 0.05) is 6.20 Å². The Kier molecular flexibility index (Phi) is 4.01. The maximum atomic E-state index is 11.2. The molecule has 0 aromatic heterocycles. The molecule has 0 radical (unpaired) electrons. The topological polar surface area (TPSA) is 41.1 Å². The Labute approximate surface area is 87.8 Å². The number of para-hydroxylation sites is 1. The first-order chi connectivity index (χ1) is 6.74. The molecule has 0 aliphatic heterocycles. The van der Waals surface area contributed by atoms with Gasteiger partial charge >= 0.3 is 6.03 Å². The van der Waals surface area contributed by atoms with E-state index < -0.39 is 0 Å². The molecule has 14 heavy (non-hydrogen) atoms. The molecule has 0 fully saturated rings. The highest BCUT2D eigenvalue weighted by Gasteiger charge is 2.01. The Morgan fingerprint density at radius 1 is 1.43 bits per heavy atom. The smallest absolute Gasteiger partial charge is 0.315 e. The minimum absolute atomic E-state index is 0.309. The van der Waals surface area contributed by atoms with Gasteiger partial charge in [0.2, 0.25) is 0 Å². The first-order valence-corrected chi connectivity index (χ1v) is 4.55. The summed E-state index contributed by atoms with van der Waals surface area (Å²) < 4.78 is 0. The predicted molar refractivity (Wildman–Crippen MR) is 58.4 cm³/mol. The van der Waals surface area contributed by atoms with E-state index in [9.17, 15) is 4.79 Å². The fraction of sp³-hybridized carbons (Fsp3) is 0.100. The minimum atomic E-state index is -0.309. The average Bonchev–Trinajstić information content (AvgIpc) is 2.18. The molecule has 0 bridgehead atoms. The monoisotopic (exact) mass is 210 g/mol. The second-order valence-corrected chi connectivity index (χ2v) is 2.99. The molecule has 1 aromatic carbocycles. The number of urea groups is 1.